The molecular weight excluding hydrogens is 336 g/mol. The number of fused-ring (bicyclic) bond motifs is 1. The third kappa shape index (κ3) is 2.72. The van der Waals surface area contributed by atoms with Crippen LogP contribution in [0.5, 0.6) is 11.5 Å². The summed E-state index contributed by atoms with van der Waals surface area (Å²) in [5.74, 6) is 2.25. The summed E-state index contributed by atoms with van der Waals surface area (Å²) >= 11 is 1.51. The third-order valence-electron chi connectivity index (χ3n) is 3.89. The van der Waals surface area contributed by atoms with Crippen molar-refractivity contribution in [3.8, 4) is 22.9 Å². The molecule has 1 N–H and O–H groups in total. The predicted molar refractivity (Wildman–Crippen MR) is 98.2 cm³/mol. The Morgan fingerprint density at radius 3 is 2.24 bits per heavy atom. The van der Waals surface area contributed by atoms with Gasteiger partial charge in [0.15, 0.2) is 5.82 Å². The average molecular weight is 352 g/mol. The number of nitrogens with one attached hydrogen (secondary N) is 1. The fraction of sp³-hybridized carbons (Fsp3) is 0.111. The molecule has 1 aromatic heterocycles. The molecule has 7 heteroatoms. The lowest BCUT2D eigenvalue weighted by atomic mass is 10.1. The lowest BCUT2D eigenvalue weighted by molar-refractivity contribution is 0.413. The molecule has 2 aromatic carbocycles. The number of thioether (sulfide) groups is 1. The van der Waals surface area contributed by atoms with Gasteiger partial charge in [0.2, 0.25) is 5.16 Å². The largest absolute Gasteiger partial charge is 0.496 e. The second-order valence-electron chi connectivity index (χ2n) is 5.30. The van der Waals surface area contributed by atoms with E-state index in [-0.39, 0.29) is 0 Å². The molecule has 0 unspecified atom stereocenters. The maximum atomic E-state index is 5.47. The van der Waals surface area contributed by atoms with E-state index in [1.165, 1.54) is 11.8 Å². The molecule has 1 aliphatic heterocycles. The van der Waals surface area contributed by atoms with Crippen LogP contribution in [0.25, 0.3) is 17.1 Å². The van der Waals surface area contributed by atoms with Gasteiger partial charge in [0.1, 0.15) is 11.5 Å². The number of rotatable bonds is 4. The highest BCUT2D eigenvalue weighted by atomic mass is 32.2. The highest BCUT2D eigenvalue weighted by molar-refractivity contribution is 8.02. The number of benzene rings is 2. The van der Waals surface area contributed by atoms with Crippen LogP contribution in [0.15, 0.2) is 59.1 Å². The van der Waals surface area contributed by atoms with Crippen LogP contribution in [0.4, 0.5) is 0 Å². The summed E-state index contributed by atoms with van der Waals surface area (Å²) in [7, 11) is 3.31. The quantitative estimate of drug-likeness (QED) is 0.774. The first-order valence-corrected chi connectivity index (χ1v) is 8.56. The molecule has 2 heterocycles. The Morgan fingerprint density at radius 1 is 0.880 bits per heavy atom. The average Bonchev–Trinajstić information content (AvgIpc) is 3.10. The number of para-hydroxylation sites is 2. The first-order valence-electron chi connectivity index (χ1n) is 7.68. The van der Waals surface area contributed by atoms with Crippen molar-refractivity contribution >= 4 is 17.5 Å². The lowest BCUT2D eigenvalue weighted by Gasteiger charge is -2.20. The lowest BCUT2D eigenvalue weighted by Crippen LogP contribution is -2.18. The van der Waals surface area contributed by atoms with E-state index >= 15 is 0 Å². The van der Waals surface area contributed by atoms with Crippen LogP contribution in [-0.4, -0.2) is 29.1 Å². The molecule has 25 heavy (non-hydrogen) atoms. The van der Waals surface area contributed by atoms with E-state index in [2.05, 4.69) is 15.6 Å². The number of hydrogen-bond donors (Lipinski definition) is 1. The number of aromatic nitrogens is 3. The van der Waals surface area contributed by atoms with E-state index in [1.54, 1.807) is 14.2 Å². The van der Waals surface area contributed by atoms with Gasteiger partial charge >= 0.3 is 0 Å². The number of nitrogens with zero attached hydrogens (tertiary/aromatic N) is 3. The maximum Gasteiger partial charge on any atom is 0.214 e. The van der Waals surface area contributed by atoms with Crippen molar-refractivity contribution in [1.29, 1.82) is 0 Å². The first-order chi connectivity index (χ1) is 12.3. The van der Waals surface area contributed by atoms with Crippen molar-refractivity contribution in [3.63, 3.8) is 0 Å². The smallest absolute Gasteiger partial charge is 0.214 e. The SMILES string of the molecule is COc1ccccc1C1=CSc2nnc(-c3ccccc3OC)n2N1. The van der Waals surface area contributed by atoms with Crippen molar-refractivity contribution < 1.29 is 9.47 Å². The van der Waals surface area contributed by atoms with E-state index in [4.69, 9.17) is 9.47 Å². The molecule has 0 saturated carbocycles. The molecule has 0 atom stereocenters. The molecule has 0 saturated heterocycles. The van der Waals surface area contributed by atoms with Gasteiger partial charge in [0.25, 0.3) is 0 Å². The minimum absolute atomic E-state index is 0.695. The Labute approximate surface area is 149 Å². The Morgan fingerprint density at radius 2 is 1.52 bits per heavy atom. The van der Waals surface area contributed by atoms with E-state index in [0.717, 1.165) is 33.5 Å². The van der Waals surface area contributed by atoms with Crippen molar-refractivity contribution in [2.45, 2.75) is 5.16 Å². The molecule has 3 aromatic rings. The zero-order chi connectivity index (χ0) is 17.2. The minimum Gasteiger partial charge on any atom is -0.496 e. The van der Waals surface area contributed by atoms with E-state index in [1.807, 2.05) is 58.6 Å². The van der Waals surface area contributed by atoms with Gasteiger partial charge in [-0.3, -0.25) is 5.43 Å². The first kappa shape index (κ1) is 15.6. The van der Waals surface area contributed by atoms with E-state index in [9.17, 15) is 0 Å². The normalized spacial score (nSPS) is 12.8. The highest BCUT2D eigenvalue weighted by Gasteiger charge is 2.22. The molecule has 0 fully saturated rings. The summed E-state index contributed by atoms with van der Waals surface area (Å²) in [6, 6.07) is 15.6. The van der Waals surface area contributed by atoms with Gasteiger partial charge in [-0.1, -0.05) is 36.0 Å². The Bertz CT molecular complexity index is 952. The van der Waals surface area contributed by atoms with Crippen molar-refractivity contribution in [2.24, 2.45) is 0 Å². The molecule has 0 amide bonds. The number of ether oxygens (including phenoxy) is 2. The molecule has 126 valence electrons. The molecule has 0 radical (unpaired) electrons. The van der Waals surface area contributed by atoms with Crippen LogP contribution in [0.2, 0.25) is 0 Å². The third-order valence-corrected chi connectivity index (χ3v) is 4.72. The topological polar surface area (TPSA) is 61.2 Å². The molecule has 0 spiro atoms. The van der Waals surface area contributed by atoms with Gasteiger partial charge in [-0.2, -0.15) is 0 Å². The zero-order valence-corrected chi connectivity index (χ0v) is 14.6. The van der Waals surface area contributed by atoms with Crippen LogP contribution in [0.1, 0.15) is 5.56 Å². The summed E-state index contributed by atoms with van der Waals surface area (Å²) in [5, 5.41) is 11.4. The standard InChI is InChI=1S/C18H16N4O2S/c1-23-15-9-5-3-7-12(15)14-11-25-18-20-19-17(22(18)21-14)13-8-4-6-10-16(13)24-2/h3-11,21H,1-2H3. The van der Waals surface area contributed by atoms with E-state index < -0.39 is 0 Å². The van der Waals surface area contributed by atoms with Gasteiger partial charge in [0, 0.05) is 11.0 Å². The Balaban J connectivity index is 1.75. The predicted octanol–water partition coefficient (Wildman–Crippen LogP) is 3.61. The van der Waals surface area contributed by atoms with Gasteiger partial charge < -0.3 is 9.47 Å². The molecule has 1 aliphatic rings. The fourth-order valence-corrected chi connectivity index (χ4v) is 3.43. The van der Waals surface area contributed by atoms with Crippen molar-refractivity contribution in [3.05, 3.63) is 59.5 Å². The minimum atomic E-state index is 0.695. The maximum absolute atomic E-state index is 5.47. The van der Waals surface area contributed by atoms with Crippen molar-refractivity contribution in [1.82, 2.24) is 14.9 Å². The van der Waals surface area contributed by atoms with Crippen LogP contribution in [0, 0.1) is 0 Å². The summed E-state index contributed by atoms with van der Waals surface area (Å²) < 4.78 is 12.8. The van der Waals surface area contributed by atoms with E-state index in [0.29, 0.717) is 5.82 Å². The van der Waals surface area contributed by atoms with Gasteiger partial charge in [-0.25, -0.2) is 4.68 Å². The van der Waals surface area contributed by atoms with Gasteiger partial charge in [-0.05, 0) is 24.3 Å². The fourth-order valence-electron chi connectivity index (χ4n) is 2.70. The van der Waals surface area contributed by atoms with Crippen molar-refractivity contribution in [2.75, 3.05) is 19.6 Å². The summed E-state index contributed by atoms with van der Waals surface area (Å²) in [4.78, 5) is 0. The van der Waals surface area contributed by atoms with Crippen LogP contribution < -0.4 is 14.9 Å². The molecular formula is C18H16N4O2S. The van der Waals surface area contributed by atoms with Crippen LogP contribution >= 0.6 is 11.8 Å². The van der Waals surface area contributed by atoms with Crippen LogP contribution in [0.3, 0.4) is 0 Å². The summed E-state index contributed by atoms with van der Waals surface area (Å²) in [6.45, 7) is 0. The zero-order valence-electron chi connectivity index (χ0n) is 13.8. The second kappa shape index (κ2) is 6.52. The monoisotopic (exact) mass is 352 g/mol. The molecule has 6 nitrogen and oxygen atoms in total. The number of methoxy groups -OCH3 is 2. The highest BCUT2D eigenvalue weighted by Crippen LogP contribution is 2.36. The summed E-state index contributed by atoms with van der Waals surface area (Å²) in [6.07, 6.45) is 0. The Hall–Kier alpha value is -2.93. The summed E-state index contributed by atoms with van der Waals surface area (Å²) in [5.41, 5.74) is 6.15. The van der Waals surface area contributed by atoms with Crippen LogP contribution in [-0.2, 0) is 0 Å². The number of hydrogen-bond acceptors (Lipinski definition) is 6. The molecule has 0 aliphatic carbocycles. The Kier molecular flexibility index (Phi) is 4.07. The molecule has 4 rings (SSSR count). The molecule has 0 bridgehead atoms. The second-order valence-corrected chi connectivity index (χ2v) is 6.14. The van der Waals surface area contributed by atoms with Gasteiger partial charge in [-0.15, -0.1) is 10.2 Å². The van der Waals surface area contributed by atoms with Gasteiger partial charge in [0.05, 0.1) is 25.5 Å².